The van der Waals surface area contributed by atoms with E-state index < -0.39 is 0 Å². The summed E-state index contributed by atoms with van der Waals surface area (Å²) in [5.41, 5.74) is 0. The second-order valence-corrected chi connectivity index (χ2v) is 6.34. The Hall–Kier alpha value is -0.570. The van der Waals surface area contributed by atoms with Crippen LogP contribution in [0.3, 0.4) is 0 Å². The Morgan fingerprint density at radius 3 is 2.25 bits per heavy atom. The molecule has 4 rings (SSSR count). The van der Waals surface area contributed by atoms with E-state index in [1.807, 2.05) is 0 Å². The van der Waals surface area contributed by atoms with E-state index in [2.05, 4.69) is 5.32 Å². The van der Waals surface area contributed by atoms with Crippen LogP contribution in [-0.2, 0) is 4.79 Å². The Balaban J connectivity index is 1.37. The molecular weight excluding hydrogens is 202 g/mol. The largest absolute Gasteiger partial charge is 0.393 e. The Kier molecular flexibility index (Phi) is 1.78. The molecule has 0 aliphatic heterocycles. The number of fused-ring (bicyclic) bond motifs is 5. The Morgan fingerprint density at radius 1 is 1.06 bits per heavy atom. The molecule has 1 amide bonds. The number of rotatable bonds is 2. The molecular formula is C13H19NO2. The average molecular weight is 221 g/mol. The van der Waals surface area contributed by atoms with E-state index in [0.717, 1.165) is 36.5 Å². The van der Waals surface area contributed by atoms with Gasteiger partial charge in [0, 0.05) is 12.0 Å². The van der Waals surface area contributed by atoms with E-state index in [0.29, 0.717) is 11.8 Å². The third kappa shape index (κ3) is 1.15. The van der Waals surface area contributed by atoms with Crippen LogP contribution in [0.1, 0.15) is 32.1 Å². The number of amides is 1. The molecule has 0 aromatic heterocycles. The van der Waals surface area contributed by atoms with Gasteiger partial charge in [-0.25, -0.2) is 0 Å². The summed E-state index contributed by atoms with van der Waals surface area (Å²) >= 11 is 0. The van der Waals surface area contributed by atoms with Crippen LogP contribution >= 0.6 is 0 Å². The molecule has 4 aliphatic rings. The Morgan fingerprint density at radius 2 is 1.69 bits per heavy atom. The smallest absolute Gasteiger partial charge is 0.223 e. The van der Waals surface area contributed by atoms with Crippen molar-refractivity contribution < 1.29 is 9.90 Å². The lowest BCUT2D eigenvalue weighted by molar-refractivity contribution is -0.125. The van der Waals surface area contributed by atoms with Crippen LogP contribution in [0.2, 0.25) is 0 Å². The molecule has 0 heterocycles. The molecule has 16 heavy (non-hydrogen) atoms. The van der Waals surface area contributed by atoms with Crippen molar-refractivity contribution in [1.82, 2.24) is 5.32 Å². The predicted octanol–water partition coefficient (Wildman–Crippen LogP) is 0.918. The van der Waals surface area contributed by atoms with Crippen LogP contribution in [0, 0.1) is 29.6 Å². The highest BCUT2D eigenvalue weighted by Gasteiger charge is 2.67. The van der Waals surface area contributed by atoms with Crippen LogP contribution < -0.4 is 5.32 Å². The van der Waals surface area contributed by atoms with Gasteiger partial charge >= 0.3 is 0 Å². The topological polar surface area (TPSA) is 49.3 Å². The molecule has 0 aromatic carbocycles. The first kappa shape index (κ1) is 9.46. The van der Waals surface area contributed by atoms with Crippen LogP contribution in [0.5, 0.6) is 0 Å². The van der Waals surface area contributed by atoms with Crippen LogP contribution in [0.4, 0.5) is 0 Å². The fourth-order valence-corrected chi connectivity index (χ4v) is 4.68. The molecule has 3 nitrogen and oxygen atoms in total. The summed E-state index contributed by atoms with van der Waals surface area (Å²) in [6.45, 7) is 0. The van der Waals surface area contributed by atoms with Gasteiger partial charge in [0.1, 0.15) is 0 Å². The fourth-order valence-electron chi connectivity index (χ4n) is 4.68. The van der Waals surface area contributed by atoms with Gasteiger partial charge in [0.15, 0.2) is 0 Å². The van der Waals surface area contributed by atoms with Crippen molar-refractivity contribution in [3.8, 4) is 0 Å². The zero-order chi connectivity index (χ0) is 10.9. The summed E-state index contributed by atoms with van der Waals surface area (Å²) in [6.07, 6.45) is 5.51. The molecule has 4 atom stereocenters. The molecule has 0 spiro atoms. The molecule has 4 fully saturated rings. The van der Waals surface area contributed by atoms with E-state index in [1.165, 1.54) is 19.3 Å². The summed E-state index contributed by atoms with van der Waals surface area (Å²) in [6, 6.07) is 0.265. The van der Waals surface area contributed by atoms with Gasteiger partial charge in [-0.15, -0.1) is 0 Å². The highest BCUT2D eigenvalue weighted by molar-refractivity contribution is 5.83. The number of hydrogen-bond acceptors (Lipinski definition) is 2. The second kappa shape index (κ2) is 3.00. The normalized spacial score (nSPS) is 56.7. The van der Waals surface area contributed by atoms with Gasteiger partial charge in [-0.05, 0) is 55.8 Å². The van der Waals surface area contributed by atoms with Crippen molar-refractivity contribution in [3.63, 3.8) is 0 Å². The average Bonchev–Trinajstić information content (AvgIpc) is 2.66. The van der Waals surface area contributed by atoms with Crippen molar-refractivity contribution in [2.45, 2.75) is 44.2 Å². The molecule has 4 unspecified atom stereocenters. The quantitative estimate of drug-likeness (QED) is 0.728. The monoisotopic (exact) mass is 221 g/mol. The SMILES string of the molecule is O=C(NC1CC(O)C1)C1C2C3CCC(C3)C12. The minimum Gasteiger partial charge on any atom is -0.393 e. The maximum Gasteiger partial charge on any atom is 0.223 e. The van der Waals surface area contributed by atoms with Crippen molar-refractivity contribution >= 4 is 5.91 Å². The molecule has 3 heteroatoms. The lowest BCUT2D eigenvalue weighted by atomic mass is 9.89. The minimum absolute atomic E-state index is 0.166. The van der Waals surface area contributed by atoms with E-state index in [9.17, 15) is 9.90 Å². The van der Waals surface area contributed by atoms with Gasteiger partial charge in [-0.2, -0.15) is 0 Å². The first-order chi connectivity index (χ1) is 7.74. The van der Waals surface area contributed by atoms with Gasteiger partial charge in [0.25, 0.3) is 0 Å². The van der Waals surface area contributed by atoms with Gasteiger partial charge in [-0.3, -0.25) is 4.79 Å². The minimum atomic E-state index is -0.166. The van der Waals surface area contributed by atoms with Gasteiger partial charge < -0.3 is 10.4 Å². The summed E-state index contributed by atoms with van der Waals surface area (Å²) in [5, 5.41) is 12.3. The molecule has 4 saturated carbocycles. The molecule has 0 aromatic rings. The first-order valence-corrected chi connectivity index (χ1v) is 6.72. The third-order valence-electron chi connectivity index (χ3n) is 5.50. The number of carbonyl (C=O) groups excluding carboxylic acids is 1. The first-order valence-electron chi connectivity index (χ1n) is 6.72. The maximum absolute atomic E-state index is 12.1. The number of hydrogen-bond donors (Lipinski definition) is 2. The zero-order valence-electron chi connectivity index (χ0n) is 9.43. The molecule has 2 N–H and O–H groups in total. The lowest BCUT2D eigenvalue weighted by Gasteiger charge is -2.32. The van der Waals surface area contributed by atoms with Crippen molar-refractivity contribution in [3.05, 3.63) is 0 Å². The molecule has 0 radical (unpaired) electrons. The molecule has 2 bridgehead atoms. The summed E-state index contributed by atoms with van der Waals surface area (Å²) < 4.78 is 0. The van der Waals surface area contributed by atoms with Gasteiger partial charge in [0.2, 0.25) is 5.91 Å². The summed E-state index contributed by atoms with van der Waals surface area (Å²) in [7, 11) is 0. The van der Waals surface area contributed by atoms with E-state index in [-0.39, 0.29) is 12.1 Å². The van der Waals surface area contributed by atoms with Crippen LogP contribution in [-0.4, -0.2) is 23.2 Å². The molecule has 88 valence electrons. The molecule has 0 saturated heterocycles. The maximum atomic E-state index is 12.1. The summed E-state index contributed by atoms with van der Waals surface area (Å²) in [5.74, 6) is 3.87. The number of carbonyl (C=O) groups is 1. The van der Waals surface area contributed by atoms with Crippen molar-refractivity contribution in [2.75, 3.05) is 0 Å². The van der Waals surface area contributed by atoms with E-state index >= 15 is 0 Å². The van der Waals surface area contributed by atoms with Gasteiger partial charge in [0.05, 0.1) is 6.10 Å². The highest BCUT2D eigenvalue weighted by atomic mass is 16.3. The standard InChI is InChI=1S/C13H19NO2/c15-9-4-8(5-9)14-13(16)12-10-6-1-2-7(3-6)11(10)12/h6-12,15H,1-5H2,(H,14,16). The van der Waals surface area contributed by atoms with Crippen molar-refractivity contribution in [1.29, 1.82) is 0 Å². The Labute approximate surface area is 95.6 Å². The number of aliphatic hydroxyl groups excluding tert-OH is 1. The van der Waals surface area contributed by atoms with E-state index in [1.54, 1.807) is 0 Å². The van der Waals surface area contributed by atoms with E-state index in [4.69, 9.17) is 0 Å². The summed E-state index contributed by atoms with van der Waals surface area (Å²) in [4.78, 5) is 12.1. The van der Waals surface area contributed by atoms with Crippen molar-refractivity contribution in [2.24, 2.45) is 29.6 Å². The van der Waals surface area contributed by atoms with Crippen LogP contribution in [0.25, 0.3) is 0 Å². The number of nitrogens with one attached hydrogen (secondary N) is 1. The molecule has 4 aliphatic carbocycles. The van der Waals surface area contributed by atoms with Crippen LogP contribution in [0.15, 0.2) is 0 Å². The fraction of sp³-hybridized carbons (Fsp3) is 0.923. The predicted molar refractivity (Wildman–Crippen MR) is 58.5 cm³/mol. The highest BCUT2D eigenvalue weighted by Crippen LogP contribution is 2.69. The van der Waals surface area contributed by atoms with Gasteiger partial charge in [-0.1, -0.05) is 0 Å². The zero-order valence-corrected chi connectivity index (χ0v) is 9.43. The lowest BCUT2D eigenvalue weighted by Crippen LogP contribution is -2.47. The number of aliphatic hydroxyl groups is 1. The third-order valence-corrected chi connectivity index (χ3v) is 5.50. The second-order valence-electron chi connectivity index (χ2n) is 6.34. The Bertz CT molecular complexity index is 321.